The lowest BCUT2D eigenvalue weighted by Crippen LogP contribution is -2.36. The third kappa shape index (κ3) is 6.80. The van der Waals surface area contributed by atoms with Crippen molar-refractivity contribution in [3.05, 3.63) is 52.0 Å². The summed E-state index contributed by atoms with van der Waals surface area (Å²) in [5, 5.41) is 17.7. The number of benzene rings is 1. The summed E-state index contributed by atoms with van der Waals surface area (Å²) >= 11 is 1.63. The molecular weight excluding hydrogens is 310 g/mol. The van der Waals surface area contributed by atoms with E-state index in [4.69, 9.17) is 5.11 Å². The highest BCUT2D eigenvalue weighted by Gasteiger charge is 2.05. The van der Waals surface area contributed by atoms with Gasteiger partial charge in [0.15, 0.2) is 0 Å². The predicted molar refractivity (Wildman–Crippen MR) is 92.5 cm³/mol. The predicted octanol–water partition coefficient (Wildman–Crippen LogP) is 2.50. The number of hydrogen-bond acceptors (Lipinski definition) is 4. The van der Waals surface area contributed by atoms with Gasteiger partial charge in [-0.25, -0.2) is 9.78 Å². The van der Waals surface area contributed by atoms with Gasteiger partial charge in [-0.05, 0) is 25.3 Å². The van der Waals surface area contributed by atoms with Gasteiger partial charge in [0, 0.05) is 18.3 Å². The Morgan fingerprint density at radius 1 is 1.26 bits per heavy atom. The fraction of sp³-hybridized carbons (Fsp3) is 0.412. The number of nitrogens with one attached hydrogen (secondary N) is 2. The average molecular weight is 333 g/mol. The van der Waals surface area contributed by atoms with Crippen LogP contribution in [0.25, 0.3) is 0 Å². The Morgan fingerprint density at radius 3 is 2.78 bits per heavy atom. The molecule has 1 heterocycles. The van der Waals surface area contributed by atoms with E-state index >= 15 is 0 Å². The Labute approximate surface area is 140 Å². The first-order chi connectivity index (χ1) is 11.1. The van der Waals surface area contributed by atoms with Gasteiger partial charge in [-0.2, -0.15) is 0 Å². The Balaban J connectivity index is 1.69. The van der Waals surface area contributed by atoms with Crippen molar-refractivity contribution in [3.63, 3.8) is 0 Å². The van der Waals surface area contributed by atoms with E-state index in [-0.39, 0.29) is 6.03 Å². The van der Waals surface area contributed by atoms with Gasteiger partial charge < -0.3 is 15.7 Å². The SMILES string of the molecule is CC(O)CCNC(=O)NCc1csc(CCc2ccccc2)n1. The number of rotatable bonds is 8. The van der Waals surface area contributed by atoms with Crippen molar-refractivity contribution in [2.45, 2.75) is 38.8 Å². The lowest BCUT2D eigenvalue weighted by molar-refractivity contribution is 0.183. The molecule has 1 unspecified atom stereocenters. The van der Waals surface area contributed by atoms with Crippen LogP contribution >= 0.6 is 11.3 Å². The van der Waals surface area contributed by atoms with E-state index in [1.54, 1.807) is 18.3 Å². The van der Waals surface area contributed by atoms with Gasteiger partial charge in [0.2, 0.25) is 0 Å². The van der Waals surface area contributed by atoms with E-state index in [1.807, 2.05) is 23.6 Å². The normalized spacial score (nSPS) is 11.9. The maximum absolute atomic E-state index is 11.6. The highest BCUT2D eigenvalue weighted by molar-refractivity contribution is 7.09. The minimum atomic E-state index is -0.402. The van der Waals surface area contributed by atoms with Crippen molar-refractivity contribution >= 4 is 17.4 Å². The summed E-state index contributed by atoms with van der Waals surface area (Å²) in [6.07, 6.45) is 2.03. The third-order valence-electron chi connectivity index (χ3n) is 3.35. The van der Waals surface area contributed by atoms with Gasteiger partial charge in [0.05, 0.1) is 23.4 Å². The van der Waals surface area contributed by atoms with Crippen LogP contribution in [-0.2, 0) is 19.4 Å². The number of thiazole rings is 1. The van der Waals surface area contributed by atoms with Gasteiger partial charge >= 0.3 is 6.03 Å². The van der Waals surface area contributed by atoms with E-state index < -0.39 is 6.10 Å². The van der Waals surface area contributed by atoms with Crippen molar-refractivity contribution in [1.82, 2.24) is 15.6 Å². The second-order valence-corrected chi connectivity index (χ2v) is 6.41. The maximum Gasteiger partial charge on any atom is 0.315 e. The molecule has 1 atom stereocenters. The summed E-state index contributed by atoms with van der Waals surface area (Å²) in [5.74, 6) is 0. The molecule has 0 aliphatic heterocycles. The van der Waals surface area contributed by atoms with Crippen LogP contribution < -0.4 is 10.6 Å². The molecule has 0 aliphatic rings. The first-order valence-corrected chi connectivity index (χ1v) is 8.68. The fourth-order valence-corrected chi connectivity index (χ4v) is 2.87. The lowest BCUT2D eigenvalue weighted by atomic mass is 10.1. The summed E-state index contributed by atoms with van der Waals surface area (Å²) in [7, 11) is 0. The summed E-state index contributed by atoms with van der Waals surface area (Å²) in [5.41, 5.74) is 2.18. The van der Waals surface area contributed by atoms with E-state index in [9.17, 15) is 4.79 Å². The Bertz CT molecular complexity index is 599. The standard InChI is InChI=1S/C17H23N3O2S/c1-13(21)9-10-18-17(22)19-11-15-12-23-16(20-15)8-7-14-5-3-2-4-6-14/h2-6,12-13,21H,7-11H2,1H3,(H2,18,19,22). The van der Waals surface area contributed by atoms with E-state index in [0.29, 0.717) is 19.5 Å². The lowest BCUT2D eigenvalue weighted by Gasteiger charge is -2.07. The summed E-state index contributed by atoms with van der Waals surface area (Å²) < 4.78 is 0. The molecule has 0 bridgehead atoms. The first-order valence-electron chi connectivity index (χ1n) is 7.80. The van der Waals surface area contributed by atoms with Crippen molar-refractivity contribution in [2.75, 3.05) is 6.54 Å². The average Bonchev–Trinajstić information content (AvgIpc) is 2.99. The second-order valence-electron chi connectivity index (χ2n) is 5.47. The van der Waals surface area contributed by atoms with Gasteiger partial charge in [0.25, 0.3) is 0 Å². The third-order valence-corrected chi connectivity index (χ3v) is 4.30. The molecular formula is C17H23N3O2S. The Kier molecular flexibility index (Phi) is 7.03. The molecule has 1 aromatic heterocycles. The molecule has 124 valence electrons. The summed E-state index contributed by atoms with van der Waals surface area (Å²) in [4.78, 5) is 16.1. The smallest absolute Gasteiger partial charge is 0.315 e. The number of aliphatic hydroxyl groups excluding tert-OH is 1. The minimum absolute atomic E-state index is 0.232. The summed E-state index contributed by atoms with van der Waals surface area (Å²) in [6.45, 7) is 2.58. The zero-order chi connectivity index (χ0) is 16.5. The molecule has 5 nitrogen and oxygen atoms in total. The second kappa shape index (κ2) is 9.27. The van der Waals surface area contributed by atoms with Crippen LogP contribution in [0.15, 0.2) is 35.7 Å². The molecule has 0 aliphatic carbocycles. The maximum atomic E-state index is 11.6. The topological polar surface area (TPSA) is 74.2 Å². The van der Waals surface area contributed by atoms with Crippen molar-refractivity contribution in [2.24, 2.45) is 0 Å². The number of aryl methyl sites for hydroxylation is 2. The molecule has 3 N–H and O–H groups in total. The van der Waals surface area contributed by atoms with Crippen molar-refractivity contribution < 1.29 is 9.90 Å². The fourth-order valence-electron chi connectivity index (χ4n) is 2.07. The number of aliphatic hydroxyl groups is 1. The first kappa shape index (κ1) is 17.4. The number of nitrogens with zero attached hydrogens (tertiary/aromatic N) is 1. The monoisotopic (exact) mass is 333 g/mol. The molecule has 0 fully saturated rings. The van der Waals surface area contributed by atoms with Crippen LogP contribution in [0.4, 0.5) is 4.79 Å². The number of carbonyl (C=O) groups is 1. The van der Waals surface area contributed by atoms with Crippen LogP contribution in [0.5, 0.6) is 0 Å². The number of carbonyl (C=O) groups excluding carboxylic acids is 1. The Morgan fingerprint density at radius 2 is 2.04 bits per heavy atom. The molecule has 0 spiro atoms. The van der Waals surface area contributed by atoms with Crippen LogP contribution in [0.3, 0.4) is 0 Å². The molecule has 1 aromatic carbocycles. The minimum Gasteiger partial charge on any atom is -0.393 e. The number of aromatic nitrogens is 1. The molecule has 2 amide bonds. The quantitative estimate of drug-likeness (QED) is 0.695. The van der Waals surface area contributed by atoms with Crippen LogP contribution in [0.2, 0.25) is 0 Å². The summed E-state index contributed by atoms with van der Waals surface area (Å²) in [6, 6.07) is 10.1. The van der Waals surface area contributed by atoms with Crippen LogP contribution in [0, 0.1) is 0 Å². The molecule has 6 heteroatoms. The van der Waals surface area contributed by atoms with E-state index in [1.165, 1.54) is 5.56 Å². The zero-order valence-electron chi connectivity index (χ0n) is 13.3. The van der Waals surface area contributed by atoms with Gasteiger partial charge in [-0.1, -0.05) is 30.3 Å². The number of amides is 2. The molecule has 2 aromatic rings. The molecule has 2 rings (SSSR count). The molecule has 0 saturated carbocycles. The van der Waals surface area contributed by atoms with Gasteiger partial charge in [0.1, 0.15) is 0 Å². The van der Waals surface area contributed by atoms with E-state index in [0.717, 1.165) is 23.5 Å². The number of hydrogen-bond donors (Lipinski definition) is 3. The highest BCUT2D eigenvalue weighted by Crippen LogP contribution is 2.13. The van der Waals surface area contributed by atoms with Crippen LogP contribution in [-0.4, -0.2) is 28.8 Å². The van der Waals surface area contributed by atoms with E-state index in [2.05, 4.69) is 27.8 Å². The van der Waals surface area contributed by atoms with Crippen LogP contribution in [0.1, 0.15) is 29.6 Å². The largest absolute Gasteiger partial charge is 0.393 e. The van der Waals surface area contributed by atoms with Crippen molar-refractivity contribution in [1.29, 1.82) is 0 Å². The highest BCUT2D eigenvalue weighted by atomic mass is 32.1. The Hall–Kier alpha value is -1.92. The van der Waals surface area contributed by atoms with Crippen molar-refractivity contribution in [3.8, 4) is 0 Å². The zero-order valence-corrected chi connectivity index (χ0v) is 14.1. The van der Waals surface area contributed by atoms with Gasteiger partial charge in [-0.15, -0.1) is 11.3 Å². The molecule has 0 saturated heterocycles. The molecule has 23 heavy (non-hydrogen) atoms. The molecule has 0 radical (unpaired) electrons. The number of urea groups is 1. The van der Waals surface area contributed by atoms with Gasteiger partial charge in [-0.3, -0.25) is 0 Å².